The zero-order valence-electron chi connectivity index (χ0n) is 18.0. The first-order valence-electron chi connectivity index (χ1n) is 10.8. The Morgan fingerprint density at radius 2 is 1.87 bits per heavy atom. The zero-order chi connectivity index (χ0) is 21.6. The first-order chi connectivity index (χ1) is 15.2. The number of ether oxygens (including phenoxy) is 1. The molecule has 2 heterocycles. The van der Waals surface area contributed by atoms with Gasteiger partial charge in [0, 0.05) is 6.04 Å². The lowest BCUT2D eigenvalue weighted by atomic mass is 10.1. The number of rotatable bonds is 8. The van der Waals surface area contributed by atoms with E-state index >= 15 is 0 Å². The highest BCUT2D eigenvalue weighted by Gasteiger charge is 2.32. The first kappa shape index (κ1) is 20.9. The van der Waals surface area contributed by atoms with Crippen LogP contribution in [0, 0.1) is 0 Å². The largest absolute Gasteiger partial charge is 0.477 e. The van der Waals surface area contributed by atoms with Gasteiger partial charge in [0.1, 0.15) is 5.75 Å². The second kappa shape index (κ2) is 9.64. The van der Waals surface area contributed by atoms with E-state index < -0.39 is 6.10 Å². The van der Waals surface area contributed by atoms with Gasteiger partial charge in [-0.3, -0.25) is 4.79 Å². The Bertz CT molecular complexity index is 1000. The molecule has 3 aromatic rings. The summed E-state index contributed by atoms with van der Waals surface area (Å²) in [5.74, 6) is 1.75. The van der Waals surface area contributed by atoms with E-state index in [9.17, 15) is 4.79 Å². The summed E-state index contributed by atoms with van der Waals surface area (Å²) in [5, 5.41) is 7.25. The fourth-order valence-corrected chi connectivity index (χ4v) is 3.75. The molecule has 1 aliphatic heterocycles. The highest BCUT2D eigenvalue weighted by molar-refractivity contribution is 5.83. The summed E-state index contributed by atoms with van der Waals surface area (Å²) >= 11 is 0. The van der Waals surface area contributed by atoms with E-state index in [1.165, 1.54) is 0 Å². The van der Waals surface area contributed by atoms with Gasteiger partial charge in [0.05, 0.1) is 25.2 Å². The van der Waals surface area contributed by atoms with Gasteiger partial charge in [-0.25, -0.2) is 0 Å². The minimum absolute atomic E-state index is 0.0916. The molecule has 0 bridgehead atoms. The van der Waals surface area contributed by atoms with Crippen LogP contribution in [0.15, 0.2) is 59.1 Å². The van der Waals surface area contributed by atoms with Crippen LogP contribution in [0.25, 0.3) is 0 Å². The van der Waals surface area contributed by atoms with Crippen LogP contribution in [0.1, 0.15) is 44.0 Å². The van der Waals surface area contributed by atoms with Crippen LogP contribution in [0.5, 0.6) is 5.75 Å². The first-order valence-corrected chi connectivity index (χ1v) is 10.8. The lowest BCUT2D eigenvalue weighted by Gasteiger charge is -2.35. The molecule has 162 valence electrons. The maximum atomic E-state index is 12.8. The standard InChI is InChI=1S/C24H28N4O3/c1-3-18(4-2)25-24(29)21-15-28(19-12-8-9-13-20(19)30-21)16-22-26-23(31-27-22)14-17-10-6-5-7-11-17/h5-13,18,21H,3-4,14-16H2,1-2H3,(H,25,29). The van der Waals surface area contributed by atoms with Gasteiger partial charge < -0.3 is 19.5 Å². The van der Waals surface area contributed by atoms with Gasteiger partial charge in [-0.15, -0.1) is 0 Å². The van der Waals surface area contributed by atoms with E-state index in [1.54, 1.807) is 0 Å². The van der Waals surface area contributed by atoms with Gasteiger partial charge in [-0.1, -0.05) is 61.5 Å². The Labute approximate surface area is 182 Å². The van der Waals surface area contributed by atoms with Crippen molar-refractivity contribution in [2.75, 3.05) is 11.4 Å². The second-order valence-electron chi connectivity index (χ2n) is 7.74. The van der Waals surface area contributed by atoms with Crippen molar-refractivity contribution in [1.82, 2.24) is 15.5 Å². The van der Waals surface area contributed by atoms with Crippen LogP contribution >= 0.6 is 0 Å². The van der Waals surface area contributed by atoms with Crippen molar-refractivity contribution in [2.24, 2.45) is 0 Å². The van der Waals surface area contributed by atoms with Crippen molar-refractivity contribution in [3.05, 3.63) is 71.9 Å². The Hall–Kier alpha value is -3.35. The molecule has 0 saturated heterocycles. The van der Waals surface area contributed by atoms with Crippen molar-refractivity contribution < 1.29 is 14.1 Å². The Balaban J connectivity index is 1.48. The van der Waals surface area contributed by atoms with Crippen LogP contribution in [-0.4, -0.2) is 34.7 Å². The van der Waals surface area contributed by atoms with Crippen LogP contribution in [0.2, 0.25) is 0 Å². The molecule has 1 aromatic heterocycles. The summed E-state index contributed by atoms with van der Waals surface area (Å²) in [7, 11) is 0. The Kier molecular flexibility index (Phi) is 6.50. The molecule has 4 rings (SSSR count). The van der Waals surface area contributed by atoms with E-state index in [-0.39, 0.29) is 11.9 Å². The number of amides is 1. The minimum atomic E-state index is -0.591. The number of nitrogens with zero attached hydrogens (tertiary/aromatic N) is 3. The fourth-order valence-electron chi connectivity index (χ4n) is 3.75. The maximum Gasteiger partial charge on any atom is 0.263 e. The Morgan fingerprint density at radius 1 is 1.13 bits per heavy atom. The van der Waals surface area contributed by atoms with E-state index in [4.69, 9.17) is 9.26 Å². The molecular weight excluding hydrogens is 392 g/mol. The number of hydrogen-bond acceptors (Lipinski definition) is 6. The number of hydrogen-bond donors (Lipinski definition) is 1. The molecule has 1 amide bonds. The summed E-state index contributed by atoms with van der Waals surface area (Å²) in [6.45, 7) is 5.00. The molecule has 0 spiro atoms. The lowest BCUT2D eigenvalue weighted by Crippen LogP contribution is -2.51. The van der Waals surface area contributed by atoms with Crippen LogP contribution in [0.3, 0.4) is 0 Å². The molecule has 0 radical (unpaired) electrons. The summed E-state index contributed by atoms with van der Waals surface area (Å²) in [6.07, 6.45) is 1.78. The van der Waals surface area contributed by atoms with Crippen molar-refractivity contribution in [1.29, 1.82) is 0 Å². The number of aromatic nitrogens is 2. The number of para-hydroxylation sites is 2. The summed E-state index contributed by atoms with van der Waals surface area (Å²) in [5.41, 5.74) is 2.04. The molecular formula is C24H28N4O3. The van der Waals surface area contributed by atoms with Crippen molar-refractivity contribution in [2.45, 2.75) is 51.8 Å². The van der Waals surface area contributed by atoms with Gasteiger partial charge in [-0.05, 0) is 30.5 Å². The Morgan fingerprint density at radius 3 is 2.65 bits per heavy atom. The average molecular weight is 421 g/mol. The third-order valence-electron chi connectivity index (χ3n) is 5.53. The third-order valence-corrected chi connectivity index (χ3v) is 5.53. The number of anilines is 1. The number of carbonyl (C=O) groups is 1. The average Bonchev–Trinajstić information content (AvgIpc) is 3.24. The molecule has 2 aromatic carbocycles. The van der Waals surface area contributed by atoms with E-state index in [2.05, 4.69) is 34.2 Å². The van der Waals surface area contributed by atoms with Crippen LogP contribution < -0.4 is 15.0 Å². The van der Waals surface area contributed by atoms with Crippen LogP contribution in [-0.2, 0) is 17.8 Å². The molecule has 1 atom stereocenters. The highest BCUT2D eigenvalue weighted by atomic mass is 16.5. The summed E-state index contributed by atoms with van der Waals surface area (Å²) < 4.78 is 11.5. The number of benzene rings is 2. The van der Waals surface area contributed by atoms with Crippen molar-refractivity contribution in [3.8, 4) is 5.75 Å². The monoisotopic (exact) mass is 420 g/mol. The van der Waals surface area contributed by atoms with E-state index in [1.807, 2.05) is 54.6 Å². The molecule has 0 saturated carbocycles. The topological polar surface area (TPSA) is 80.5 Å². The molecule has 1 unspecified atom stereocenters. The molecule has 31 heavy (non-hydrogen) atoms. The maximum absolute atomic E-state index is 12.8. The van der Waals surface area contributed by atoms with Gasteiger partial charge in [0.25, 0.3) is 5.91 Å². The highest BCUT2D eigenvalue weighted by Crippen LogP contribution is 2.34. The molecule has 7 heteroatoms. The van der Waals surface area contributed by atoms with Gasteiger partial charge in [0.15, 0.2) is 11.9 Å². The van der Waals surface area contributed by atoms with Gasteiger partial charge in [0.2, 0.25) is 5.89 Å². The summed E-state index contributed by atoms with van der Waals surface area (Å²) in [6, 6.07) is 17.9. The molecule has 0 aliphatic carbocycles. The van der Waals surface area contributed by atoms with E-state index in [0.29, 0.717) is 37.0 Å². The second-order valence-corrected chi connectivity index (χ2v) is 7.74. The number of carbonyl (C=O) groups excluding carboxylic acids is 1. The predicted molar refractivity (Wildman–Crippen MR) is 118 cm³/mol. The quantitative estimate of drug-likeness (QED) is 0.598. The predicted octanol–water partition coefficient (Wildman–Crippen LogP) is 3.73. The third kappa shape index (κ3) is 5.05. The smallest absolute Gasteiger partial charge is 0.263 e. The van der Waals surface area contributed by atoms with Gasteiger partial charge in [-0.2, -0.15) is 4.98 Å². The zero-order valence-corrected chi connectivity index (χ0v) is 18.0. The molecule has 1 N–H and O–H groups in total. The van der Waals surface area contributed by atoms with E-state index in [0.717, 1.165) is 24.1 Å². The minimum Gasteiger partial charge on any atom is -0.477 e. The van der Waals surface area contributed by atoms with Crippen LogP contribution in [0.4, 0.5) is 5.69 Å². The van der Waals surface area contributed by atoms with Crippen molar-refractivity contribution >= 4 is 11.6 Å². The lowest BCUT2D eigenvalue weighted by molar-refractivity contribution is -0.128. The summed E-state index contributed by atoms with van der Waals surface area (Å²) in [4.78, 5) is 19.5. The molecule has 7 nitrogen and oxygen atoms in total. The number of nitrogens with one attached hydrogen (secondary N) is 1. The number of fused-ring (bicyclic) bond motifs is 1. The normalized spacial score (nSPS) is 15.5. The van der Waals surface area contributed by atoms with Crippen molar-refractivity contribution in [3.63, 3.8) is 0 Å². The molecule has 1 aliphatic rings. The fraction of sp³-hybridized carbons (Fsp3) is 0.375. The van der Waals surface area contributed by atoms with Gasteiger partial charge >= 0.3 is 0 Å². The molecule has 0 fully saturated rings. The SMILES string of the molecule is CCC(CC)NC(=O)C1CN(Cc2noc(Cc3ccccc3)n2)c2ccccc2O1.